The van der Waals surface area contributed by atoms with Gasteiger partial charge in [0.25, 0.3) is 5.91 Å². The number of esters is 1. The van der Waals surface area contributed by atoms with Gasteiger partial charge in [-0.3, -0.25) is 9.69 Å². The van der Waals surface area contributed by atoms with E-state index in [2.05, 4.69) is 34.1 Å². The lowest BCUT2D eigenvalue weighted by molar-refractivity contribution is 0.0520. The van der Waals surface area contributed by atoms with Crippen molar-refractivity contribution in [2.45, 2.75) is 52.0 Å². The number of ether oxygens (including phenoxy) is 1. The molecular weight excluding hydrogens is 474 g/mol. The van der Waals surface area contributed by atoms with Crippen LogP contribution in [0.25, 0.3) is 11.3 Å². The Morgan fingerprint density at radius 2 is 1.95 bits per heavy atom. The summed E-state index contributed by atoms with van der Waals surface area (Å²) in [4.78, 5) is 50.5. The number of H-pyrrole nitrogens is 1. The molecule has 1 fully saturated rings. The summed E-state index contributed by atoms with van der Waals surface area (Å²) >= 11 is 0. The molecule has 2 aromatic heterocycles. The molecule has 0 unspecified atom stereocenters. The number of hydrogen-bond acceptors (Lipinski definition) is 6. The van der Waals surface area contributed by atoms with Crippen LogP contribution in [-0.4, -0.2) is 56.1 Å². The van der Waals surface area contributed by atoms with Crippen LogP contribution in [0.1, 0.15) is 84.2 Å². The first kappa shape index (κ1) is 25.9. The Morgan fingerprint density at radius 3 is 2.62 bits per heavy atom. The second-order valence-corrected chi connectivity index (χ2v) is 9.21. The molecule has 0 spiro atoms. The lowest BCUT2D eigenvalue weighted by Crippen LogP contribution is -2.38. The van der Waals surface area contributed by atoms with E-state index < -0.39 is 18.1 Å². The summed E-state index contributed by atoms with van der Waals surface area (Å²) in [6, 6.07) is 9.97. The van der Waals surface area contributed by atoms with E-state index in [4.69, 9.17) is 4.74 Å². The summed E-state index contributed by atoms with van der Waals surface area (Å²) in [6.45, 7) is 6.43. The number of imidazole rings is 1. The third-order valence-electron chi connectivity index (χ3n) is 6.38. The number of likely N-dealkylation sites (tertiary alicyclic amines) is 1. The maximum absolute atomic E-state index is 12.8. The van der Waals surface area contributed by atoms with E-state index in [0.29, 0.717) is 47.3 Å². The Kier molecular flexibility index (Phi) is 7.86. The van der Waals surface area contributed by atoms with E-state index in [0.717, 1.165) is 18.4 Å². The van der Waals surface area contributed by atoms with Crippen LogP contribution in [0.2, 0.25) is 0 Å². The summed E-state index contributed by atoms with van der Waals surface area (Å²) in [5.74, 6) is 0.288. The number of anilines is 1. The molecule has 1 atom stereocenters. The van der Waals surface area contributed by atoms with E-state index in [1.165, 1.54) is 4.90 Å². The van der Waals surface area contributed by atoms with E-state index in [9.17, 15) is 19.5 Å². The van der Waals surface area contributed by atoms with Crippen LogP contribution in [0.15, 0.2) is 42.6 Å². The molecule has 1 aliphatic heterocycles. The standard InChI is InChI=1S/C27H31N5O5/c1-4-37-26(34)23-22(30-24(31-23)20-7-5-6-14-32(20)27(35)36)17-8-10-18(11-9-17)25(33)29-21-15-19(16(2)3)12-13-28-21/h8-13,15-16,20H,4-7,14H2,1-3H3,(H,30,31)(H,35,36)(H,28,29,33)/t20-/m0/s1. The fourth-order valence-electron chi connectivity index (χ4n) is 4.40. The van der Waals surface area contributed by atoms with Crippen LogP contribution in [0.3, 0.4) is 0 Å². The highest BCUT2D eigenvalue weighted by molar-refractivity contribution is 6.04. The van der Waals surface area contributed by atoms with Gasteiger partial charge in [-0.1, -0.05) is 26.0 Å². The lowest BCUT2D eigenvalue weighted by Gasteiger charge is -2.32. The molecule has 3 aromatic rings. The molecule has 3 heterocycles. The highest BCUT2D eigenvalue weighted by atomic mass is 16.5. The first-order valence-electron chi connectivity index (χ1n) is 12.4. The van der Waals surface area contributed by atoms with E-state index in [1.54, 1.807) is 37.4 Å². The van der Waals surface area contributed by atoms with Crippen LogP contribution < -0.4 is 5.32 Å². The molecule has 1 aromatic carbocycles. The van der Waals surface area contributed by atoms with Crippen molar-refractivity contribution in [1.29, 1.82) is 0 Å². The van der Waals surface area contributed by atoms with Gasteiger partial charge in [0, 0.05) is 23.9 Å². The van der Waals surface area contributed by atoms with Crippen molar-refractivity contribution in [2.24, 2.45) is 0 Å². The van der Waals surface area contributed by atoms with Gasteiger partial charge in [-0.2, -0.15) is 0 Å². The molecule has 194 valence electrons. The van der Waals surface area contributed by atoms with Crippen LogP contribution in [-0.2, 0) is 4.74 Å². The Morgan fingerprint density at radius 1 is 1.19 bits per heavy atom. The summed E-state index contributed by atoms with van der Waals surface area (Å²) < 4.78 is 5.21. The molecule has 1 saturated heterocycles. The molecule has 10 nitrogen and oxygen atoms in total. The van der Waals surface area contributed by atoms with Gasteiger partial charge in [0.1, 0.15) is 17.3 Å². The second kappa shape index (κ2) is 11.2. The van der Waals surface area contributed by atoms with Gasteiger partial charge in [-0.25, -0.2) is 19.6 Å². The van der Waals surface area contributed by atoms with Crippen LogP contribution in [0.5, 0.6) is 0 Å². The largest absolute Gasteiger partial charge is 0.465 e. The molecule has 0 bridgehead atoms. The molecule has 0 radical (unpaired) electrons. The van der Waals surface area contributed by atoms with Gasteiger partial charge >= 0.3 is 12.1 Å². The van der Waals surface area contributed by atoms with Crippen molar-refractivity contribution in [3.8, 4) is 11.3 Å². The number of nitrogens with one attached hydrogen (secondary N) is 2. The number of aromatic nitrogens is 3. The number of rotatable bonds is 7. The number of nitrogens with zero attached hydrogens (tertiary/aromatic N) is 3. The number of pyridine rings is 1. The minimum absolute atomic E-state index is 0.152. The van der Waals surface area contributed by atoms with Crippen LogP contribution >= 0.6 is 0 Å². The van der Waals surface area contributed by atoms with Crippen LogP contribution in [0, 0.1) is 0 Å². The molecule has 1 aliphatic rings. The maximum Gasteiger partial charge on any atom is 0.407 e. The topological polar surface area (TPSA) is 138 Å². The number of carboxylic acid groups (broad SMARTS) is 1. The predicted octanol–water partition coefficient (Wildman–Crippen LogP) is 5.23. The first-order valence-corrected chi connectivity index (χ1v) is 12.4. The van der Waals surface area contributed by atoms with E-state index in [1.807, 2.05) is 12.1 Å². The van der Waals surface area contributed by atoms with Gasteiger partial charge in [-0.05, 0) is 61.9 Å². The lowest BCUT2D eigenvalue weighted by atomic mass is 10.0. The fraction of sp³-hybridized carbons (Fsp3) is 0.370. The zero-order valence-electron chi connectivity index (χ0n) is 21.2. The highest BCUT2D eigenvalue weighted by Gasteiger charge is 2.32. The SMILES string of the molecule is CCOC(=O)c1[nH]c([C@@H]2CCCCN2C(=O)O)nc1-c1ccc(C(=O)Nc2cc(C(C)C)ccn2)cc1. The molecule has 3 N–H and O–H groups in total. The summed E-state index contributed by atoms with van der Waals surface area (Å²) in [5, 5.41) is 12.5. The van der Waals surface area contributed by atoms with Crippen molar-refractivity contribution in [3.63, 3.8) is 0 Å². The van der Waals surface area contributed by atoms with Gasteiger partial charge < -0.3 is 20.1 Å². The van der Waals surface area contributed by atoms with Gasteiger partial charge in [-0.15, -0.1) is 0 Å². The van der Waals surface area contributed by atoms with E-state index >= 15 is 0 Å². The Balaban J connectivity index is 1.61. The fourth-order valence-corrected chi connectivity index (χ4v) is 4.40. The maximum atomic E-state index is 12.8. The minimum Gasteiger partial charge on any atom is -0.465 e. The number of hydrogen-bond donors (Lipinski definition) is 3. The smallest absolute Gasteiger partial charge is 0.407 e. The minimum atomic E-state index is -1.02. The molecule has 2 amide bonds. The van der Waals surface area contributed by atoms with Gasteiger partial charge in [0.15, 0.2) is 5.69 Å². The van der Waals surface area contributed by atoms with Gasteiger partial charge in [0.05, 0.1) is 12.6 Å². The zero-order chi connectivity index (χ0) is 26.5. The van der Waals surface area contributed by atoms with Crippen molar-refractivity contribution in [1.82, 2.24) is 19.9 Å². The normalized spacial score (nSPS) is 15.5. The highest BCUT2D eigenvalue weighted by Crippen LogP contribution is 2.32. The molecule has 10 heteroatoms. The summed E-state index contributed by atoms with van der Waals surface area (Å²) in [7, 11) is 0. The molecule has 0 saturated carbocycles. The van der Waals surface area contributed by atoms with Crippen molar-refractivity contribution >= 4 is 23.8 Å². The van der Waals surface area contributed by atoms with Crippen molar-refractivity contribution in [3.05, 3.63) is 65.2 Å². The van der Waals surface area contributed by atoms with Crippen molar-refractivity contribution < 1.29 is 24.2 Å². The average molecular weight is 506 g/mol. The summed E-state index contributed by atoms with van der Waals surface area (Å²) in [6.07, 6.45) is 2.88. The third-order valence-corrected chi connectivity index (χ3v) is 6.38. The Bertz CT molecular complexity index is 1280. The number of carbonyl (C=O) groups excluding carboxylic acids is 2. The number of piperidine rings is 1. The Hall–Kier alpha value is -4.21. The number of aromatic amines is 1. The number of amides is 2. The molecule has 4 rings (SSSR count). The zero-order valence-corrected chi connectivity index (χ0v) is 21.2. The number of benzene rings is 1. The van der Waals surface area contributed by atoms with Crippen LogP contribution in [0.4, 0.5) is 10.6 Å². The molecule has 37 heavy (non-hydrogen) atoms. The molecular formula is C27H31N5O5. The molecule has 0 aliphatic carbocycles. The first-order chi connectivity index (χ1) is 17.8. The second-order valence-electron chi connectivity index (χ2n) is 9.21. The predicted molar refractivity (Wildman–Crippen MR) is 138 cm³/mol. The third kappa shape index (κ3) is 5.79. The quantitative estimate of drug-likeness (QED) is 0.374. The van der Waals surface area contributed by atoms with Crippen molar-refractivity contribution in [2.75, 3.05) is 18.5 Å². The van der Waals surface area contributed by atoms with Gasteiger partial charge in [0.2, 0.25) is 0 Å². The monoisotopic (exact) mass is 505 g/mol. The summed E-state index contributed by atoms with van der Waals surface area (Å²) in [5.41, 5.74) is 2.58. The number of carbonyl (C=O) groups is 3. The van der Waals surface area contributed by atoms with E-state index in [-0.39, 0.29) is 18.2 Å². The Labute approximate surface area is 215 Å². The average Bonchev–Trinajstić information content (AvgIpc) is 3.34.